The maximum Gasteiger partial charge on any atom is 0.258 e. The summed E-state index contributed by atoms with van der Waals surface area (Å²) in [7, 11) is 3.20. The van der Waals surface area contributed by atoms with Crippen molar-refractivity contribution in [3.8, 4) is 22.8 Å². The summed E-state index contributed by atoms with van der Waals surface area (Å²) in [4.78, 5) is 22.8. The van der Waals surface area contributed by atoms with E-state index in [0.717, 1.165) is 30.3 Å². The van der Waals surface area contributed by atoms with Crippen LogP contribution in [-0.4, -0.2) is 61.2 Å². The lowest BCUT2D eigenvalue weighted by Crippen LogP contribution is -2.40. The highest BCUT2D eigenvalue weighted by Gasteiger charge is 2.23. The van der Waals surface area contributed by atoms with Crippen molar-refractivity contribution >= 4 is 11.3 Å². The Hall–Kier alpha value is -3.06. The summed E-state index contributed by atoms with van der Waals surface area (Å²) >= 11 is 0. The third kappa shape index (κ3) is 4.75. The zero-order valence-electron chi connectivity index (χ0n) is 20.2. The van der Waals surface area contributed by atoms with E-state index in [-0.39, 0.29) is 5.56 Å². The number of likely N-dealkylation sites (tertiary alicyclic amines) is 1. The second-order valence-corrected chi connectivity index (χ2v) is 9.46. The molecule has 2 fully saturated rings. The molecule has 4 heterocycles. The zero-order valence-corrected chi connectivity index (χ0v) is 20.2. The topological polar surface area (TPSA) is 59.3 Å². The van der Waals surface area contributed by atoms with E-state index in [1.54, 1.807) is 24.7 Å². The van der Waals surface area contributed by atoms with E-state index in [1.165, 1.54) is 51.7 Å². The van der Waals surface area contributed by atoms with Crippen LogP contribution in [0.4, 0.5) is 5.69 Å². The zero-order chi connectivity index (χ0) is 23.5. The Bertz CT molecular complexity index is 1190. The first-order valence-corrected chi connectivity index (χ1v) is 12.4. The molecule has 3 aromatic rings. The largest absolute Gasteiger partial charge is 0.493 e. The number of anilines is 1. The van der Waals surface area contributed by atoms with Gasteiger partial charge in [-0.2, -0.15) is 0 Å². The first-order valence-electron chi connectivity index (χ1n) is 12.4. The molecule has 7 nitrogen and oxygen atoms in total. The van der Waals surface area contributed by atoms with Crippen molar-refractivity contribution in [2.45, 2.75) is 32.1 Å². The molecule has 2 aliphatic rings. The summed E-state index contributed by atoms with van der Waals surface area (Å²) in [5.74, 6) is 2.04. The van der Waals surface area contributed by atoms with Gasteiger partial charge in [0.15, 0.2) is 11.5 Å². The van der Waals surface area contributed by atoms with E-state index < -0.39 is 0 Å². The Morgan fingerprint density at radius 3 is 2.41 bits per heavy atom. The molecule has 1 aromatic carbocycles. The second-order valence-electron chi connectivity index (χ2n) is 9.46. The molecule has 0 atom stereocenters. The summed E-state index contributed by atoms with van der Waals surface area (Å²) in [6.45, 7) is 5.86. The maximum atomic E-state index is 13.0. The fourth-order valence-corrected chi connectivity index (χ4v) is 5.30. The number of nitrogens with zero attached hydrogens (tertiary/aromatic N) is 4. The number of pyridine rings is 1. The van der Waals surface area contributed by atoms with Gasteiger partial charge in [0.1, 0.15) is 5.65 Å². The number of piperidine rings is 2. The predicted octanol–water partition coefficient (Wildman–Crippen LogP) is 4.08. The average molecular weight is 463 g/mol. The van der Waals surface area contributed by atoms with Crippen molar-refractivity contribution in [2.24, 2.45) is 5.92 Å². The lowest BCUT2D eigenvalue weighted by molar-refractivity contribution is 0.181. The molecule has 7 heteroatoms. The molecule has 180 valence electrons. The van der Waals surface area contributed by atoms with Crippen molar-refractivity contribution in [3.63, 3.8) is 0 Å². The van der Waals surface area contributed by atoms with E-state index >= 15 is 0 Å². The number of benzene rings is 1. The van der Waals surface area contributed by atoms with Gasteiger partial charge in [0, 0.05) is 37.5 Å². The molecule has 2 aromatic heterocycles. The molecule has 0 aliphatic carbocycles. The molecule has 2 aliphatic heterocycles. The molecule has 2 saturated heterocycles. The predicted molar refractivity (Wildman–Crippen MR) is 135 cm³/mol. The normalized spacial score (nSPS) is 17.8. The minimum Gasteiger partial charge on any atom is -0.493 e. The van der Waals surface area contributed by atoms with Crippen LogP contribution < -0.4 is 19.9 Å². The lowest BCUT2D eigenvalue weighted by atomic mass is 9.95. The number of hydrogen-bond donors (Lipinski definition) is 0. The molecule has 5 rings (SSSR count). The molecule has 0 radical (unpaired) electrons. The molecule has 0 saturated carbocycles. The summed E-state index contributed by atoms with van der Waals surface area (Å²) < 4.78 is 12.4. The number of ether oxygens (including phenoxy) is 2. The Balaban J connectivity index is 1.31. The van der Waals surface area contributed by atoms with Gasteiger partial charge in [-0.05, 0) is 75.0 Å². The number of fused-ring (bicyclic) bond motifs is 1. The summed E-state index contributed by atoms with van der Waals surface area (Å²) in [6, 6.07) is 11.2. The van der Waals surface area contributed by atoms with E-state index in [4.69, 9.17) is 14.5 Å². The van der Waals surface area contributed by atoms with Gasteiger partial charge < -0.3 is 19.3 Å². The molecular weight excluding hydrogens is 428 g/mol. The third-order valence-corrected chi connectivity index (χ3v) is 7.27. The smallest absolute Gasteiger partial charge is 0.258 e. The van der Waals surface area contributed by atoms with Crippen molar-refractivity contribution in [2.75, 3.05) is 51.8 Å². The molecule has 0 spiro atoms. The first kappa shape index (κ1) is 22.7. The van der Waals surface area contributed by atoms with Gasteiger partial charge in [0.2, 0.25) is 0 Å². The maximum absolute atomic E-state index is 13.0. The van der Waals surface area contributed by atoms with Crippen LogP contribution in [0.1, 0.15) is 32.1 Å². The molecular formula is C27H34N4O3. The average Bonchev–Trinajstić information content (AvgIpc) is 2.89. The first-order chi connectivity index (χ1) is 16.6. The number of rotatable bonds is 6. The molecule has 34 heavy (non-hydrogen) atoms. The van der Waals surface area contributed by atoms with Crippen LogP contribution in [0, 0.1) is 5.92 Å². The third-order valence-electron chi connectivity index (χ3n) is 7.27. The van der Waals surface area contributed by atoms with Crippen molar-refractivity contribution < 1.29 is 9.47 Å². The minimum atomic E-state index is -0.0865. The molecule has 0 amide bonds. The monoisotopic (exact) mass is 462 g/mol. The van der Waals surface area contributed by atoms with Crippen molar-refractivity contribution in [3.05, 3.63) is 52.9 Å². The Labute approximate surface area is 200 Å². The Kier molecular flexibility index (Phi) is 6.72. The van der Waals surface area contributed by atoms with Crippen molar-refractivity contribution in [1.82, 2.24) is 14.3 Å². The highest BCUT2D eigenvalue weighted by molar-refractivity contribution is 5.66. The highest BCUT2D eigenvalue weighted by atomic mass is 16.5. The highest BCUT2D eigenvalue weighted by Crippen LogP contribution is 2.31. The summed E-state index contributed by atoms with van der Waals surface area (Å²) in [6.07, 6.45) is 8.45. The summed E-state index contributed by atoms with van der Waals surface area (Å²) in [5, 5.41) is 0. The van der Waals surface area contributed by atoms with Gasteiger partial charge in [0.05, 0.1) is 25.6 Å². The van der Waals surface area contributed by atoms with Gasteiger partial charge >= 0.3 is 0 Å². The lowest BCUT2D eigenvalue weighted by Gasteiger charge is -2.37. The van der Waals surface area contributed by atoms with E-state index in [9.17, 15) is 4.79 Å². The molecule has 0 unspecified atom stereocenters. The van der Waals surface area contributed by atoms with E-state index in [0.29, 0.717) is 22.8 Å². The molecule has 0 N–H and O–H groups in total. The minimum absolute atomic E-state index is 0.0865. The van der Waals surface area contributed by atoms with E-state index in [1.807, 2.05) is 30.5 Å². The van der Waals surface area contributed by atoms with Crippen LogP contribution in [0.25, 0.3) is 16.9 Å². The number of methoxy groups -OCH3 is 2. The van der Waals surface area contributed by atoms with Crippen LogP contribution in [0.5, 0.6) is 11.5 Å². The van der Waals surface area contributed by atoms with Crippen LogP contribution in [0.3, 0.4) is 0 Å². The van der Waals surface area contributed by atoms with Gasteiger partial charge in [-0.25, -0.2) is 4.98 Å². The van der Waals surface area contributed by atoms with Gasteiger partial charge in [-0.3, -0.25) is 9.20 Å². The van der Waals surface area contributed by atoms with Gasteiger partial charge in [0.25, 0.3) is 5.56 Å². The van der Waals surface area contributed by atoms with Gasteiger partial charge in [-0.15, -0.1) is 0 Å². The van der Waals surface area contributed by atoms with Crippen molar-refractivity contribution in [1.29, 1.82) is 0 Å². The van der Waals surface area contributed by atoms with Crippen LogP contribution in [0.2, 0.25) is 0 Å². The van der Waals surface area contributed by atoms with Crippen LogP contribution >= 0.6 is 0 Å². The molecule has 0 bridgehead atoms. The van der Waals surface area contributed by atoms with Crippen LogP contribution in [0.15, 0.2) is 47.4 Å². The van der Waals surface area contributed by atoms with Crippen LogP contribution in [-0.2, 0) is 0 Å². The fourth-order valence-electron chi connectivity index (χ4n) is 5.30. The SMILES string of the molecule is COc1ccc(-c2cc(=O)n3cc(N4CCC(CN5CCCCC5)CC4)ccc3n2)cc1OC. The quantitative estimate of drug-likeness (QED) is 0.550. The number of aromatic nitrogens is 2. The van der Waals surface area contributed by atoms with E-state index in [2.05, 4.69) is 15.9 Å². The van der Waals surface area contributed by atoms with Gasteiger partial charge in [-0.1, -0.05) is 6.42 Å². The summed E-state index contributed by atoms with van der Waals surface area (Å²) in [5.41, 5.74) is 3.08. The number of hydrogen-bond acceptors (Lipinski definition) is 6. The Morgan fingerprint density at radius 2 is 1.68 bits per heavy atom. The fraction of sp³-hybridized carbons (Fsp3) is 0.481. The Morgan fingerprint density at radius 1 is 0.912 bits per heavy atom. The second kappa shape index (κ2) is 10.1. The standard InChI is InChI=1S/C27H34N4O3/c1-33-24-8-6-21(16-25(24)34-2)23-17-27(32)31-19-22(7-9-26(31)28-23)30-14-10-20(11-15-30)18-29-12-4-3-5-13-29/h6-9,16-17,19-20H,3-5,10-15,18H2,1-2H3.